The predicted octanol–water partition coefficient (Wildman–Crippen LogP) is 3.42. The first-order valence-electron chi connectivity index (χ1n) is 10.3. The number of H-pyrrole nitrogens is 1. The second kappa shape index (κ2) is 7.05. The molecule has 0 amide bonds. The third-order valence-corrected chi connectivity index (χ3v) is 5.66. The van der Waals surface area contributed by atoms with Gasteiger partial charge in [-0.1, -0.05) is 65.8 Å². The summed E-state index contributed by atoms with van der Waals surface area (Å²) in [4.78, 5) is 13.1. The van der Waals surface area contributed by atoms with Crippen molar-refractivity contribution in [3.63, 3.8) is 0 Å². The van der Waals surface area contributed by atoms with Crippen LogP contribution in [-0.2, 0) is 9.47 Å². The first-order chi connectivity index (χ1) is 13.6. The fourth-order valence-electron chi connectivity index (χ4n) is 3.54. The smallest absolute Gasteiger partial charge is 0.211 e. The van der Waals surface area contributed by atoms with E-state index in [1.807, 2.05) is 24.3 Å². The van der Waals surface area contributed by atoms with Gasteiger partial charge in [0.25, 0.3) is 0 Å². The van der Waals surface area contributed by atoms with Crippen LogP contribution >= 0.6 is 0 Å². The van der Waals surface area contributed by atoms with E-state index in [0.717, 1.165) is 21.5 Å². The van der Waals surface area contributed by atoms with E-state index in [9.17, 15) is 0 Å². The summed E-state index contributed by atoms with van der Waals surface area (Å²) < 4.78 is 11.7. The number of aliphatic imine (C=N–C) groups is 2. The largest absolute Gasteiger partial charge is 0.476 e. The summed E-state index contributed by atoms with van der Waals surface area (Å²) in [7, 11) is 0. The third kappa shape index (κ3) is 4.09. The molecule has 0 bridgehead atoms. The number of benzene rings is 1. The highest BCUT2D eigenvalue weighted by Crippen LogP contribution is 2.27. The molecule has 2 aromatic rings. The van der Waals surface area contributed by atoms with E-state index in [4.69, 9.17) is 19.5 Å². The number of aromatic nitrogens is 1. The lowest BCUT2D eigenvalue weighted by Gasteiger charge is -2.21. The van der Waals surface area contributed by atoms with Crippen LogP contribution in [-0.4, -0.2) is 42.1 Å². The molecule has 0 radical (unpaired) electrons. The van der Waals surface area contributed by atoms with Gasteiger partial charge in [0.15, 0.2) is 0 Å². The Kier molecular flexibility index (Phi) is 4.80. The van der Waals surface area contributed by atoms with Crippen molar-refractivity contribution in [1.82, 2.24) is 4.98 Å². The molecule has 1 N–H and O–H groups in total. The molecule has 4 rings (SSSR count). The van der Waals surface area contributed by atoms with Crippen LogP contribution in [0.25, 0.3) is 22.9 Å². The molecule has 0 fully saturated rings. The Hall–Kier alpha value is -2.56. The molecule has 0 saturated carbocycles. The monoisotopic (exact) mass is 393 g/mol. The highest BCUT2D eigenvalue weighted by molar-refractivity contribution is 6.09. The Balaban J connectivity index is 1.76. The van der Waals surface area contributed by atoms with Gasteiger partial charge in [0, 0.05) is 22.9 Å². The van der Waals surface area contributed by atoms with Crippen molar-refractivity contribution >= 4 is 34.7 Å². The van der Waals surface area contributed by atoms with Gasteiger partial charge in [-0.3, -0.25) is 0 Å². The minimum atomic E-state index is 0.0912. The third-order valence-electron chi connectivity index (χ3n) is 5.66. The molecule has 0 saturated heterocycles. The Bertz CT molecular complexity index is 1010. The van der Waals surface area contributed by atoms with Gasteiger partial charge in [0.1, 0.15) is 13.2 Å². The Morgan fingerprint density at radius 1 is 0.793 bits per heavy atom. The quantitative estimate of drug-likeness (QED) is 0.850. The lowest BCUT2D eigenvalue weighted by atomic mass is 9.88. The summed E-state index contributed by atoms with van der Waals surface area (Å²) in [5, 5.41) is 4.25. The van der Waals surface area contributed by atoms with Gasteiger partial charge in [-0.05, 0) is 10.8 Å². The van der Waals surface area contributed by atoms with Crippen LogP contribution in [0.1, 0.15) is 41.5 Å². The minimum Gasteiger partial charge on any atom is -0.476 e. The number of rotatable bonds is 2. The second-order valence-electron chi connectivity index (χ2n) is 10.1. The standard InChI is InChI=1S/C24H31N3O2/c1-23(2,3)19-13-28-21(26-19)11-17-15-9-7-8-10-16(15)18(25-17)12-22-27-20(14-29-22)24(4,5)6/h7-12,19-20,25H,13-14H2,1-6H3. The normalized spacial score (nSPS) is 23.9. The number of nitrogens with zero attached hydrogens (tertiary/aromatic N) is 2. The van der Waals surface area contributed by atoms with E-state index in [1.165, 1.54) is 0 Å². The summed E-state index contributed by atoms with van der Waals surface area (Å²) in [6.07, 6.45) is 4.00. The second-order valence-corrected chi connectivity index (χ2v) is 10.1. The number of ether oxygens (including phenoxy) is 2. The molecule has 154 valence electrons. The number of hydrogen-bond donors (Lipinski definition) is 1. The van der Waals surface area contributed by atoms with Crippen LogP contribution in [0.4, 0.5) is 0 Å². The molecule has 2 atom stereocenters. The van der Waals surface area contributed by atoms with Gasteiger partial charge in [-0.2, -0.15) is 0 Å². The lowest BCUT2D eigenvalue weighted by Crippen LogP contribution is -2.25. The van der Waals surface area contributed by atoms with Crippen molar-refractivity contribution in [3.05, 3.63) is 35.0 Å². The molecular weight excluding hydrogens is 362 g/mol. The first-order valence-corrected chi connectivity index (χ1v) is 10.3. The van der Waals surface area contributed by atoms with E-state index in [2.05, 4.69) is 58.7 Å². The molecule has 5 heteroatoms. The lowest BCUT2D eigenvalue weighted by molar-refractivity contribution is 0.237. The molecule has 2 unspecified atom stereocenters. The van der Waals surface area contributed by atoms with Crippen molar-refractivity contribution in [3.8, 4) is 0 Å². The topological polar surface area (TPSA) is 59.0 Å². The number of aromatic amines is 1. The minimum absolute atomic E-state index is 0.0912. The SMILES string of the molecule is CC(C)(C)C1COC(C=c2[nH]c(=CC3=NC(C(C)(C)C)CO3)c3ccccc23)=N1. The summed E-state index contributed by atoms with van der Waals surface area (Å²) in [5.41, 5.74) is 0.182. The van der Waals surface area contributed by atoms with E-state index < -0.39 is 0 Å². The summed E-state index contributed by atoms with van der Waals surface area (Å²) in [6, 6.07) is 8.67. The van der Waals surface area contributed by atoms with E-state index in [-0.39, 0.29) is 22.9 Å². The molecule has 2 aliphatic heterocycles. The fourth-order valence-corrected chi connectivity index (χ4v) is 3.54. The van der Waals surface area contributed by atoms with Crippen molar-refractivity contribution in [2.24, 2.45) is 20.8 Å². The van der Waals surface area contributed by atoms with Gasteiger partial charge in [0.2, 0.25) is 11.8 Å². The molecule has 1 aromatic heterocycles. The average molecular weight is 394 g/mol. The van der Waals surface area contributed by atoms with Crippen molar-refractivity contribution in [1.29, 1.82) is 0 Å². The molecule has 2 aliphatic rings. The molecule has 0 aliphatic carbocycles. The van der Waals surface area contributed by atoms with Crippen LogP contribution in [0.3, 0.4) is 0 Å². The predicted molar refractivity (Wildman–Crippen MR) is 120 cm³/mol. The zero-order valence-corrected chi connectivity index (χ0v) is 18.2. The molecule has 1 aromatic carbocycles. The molecular formula is C24H31N3O2. The zero-order valence-electron chi connectivity index (χ0n) is 18.2. The van der Waals surface area contributed by atoms with Gasteiger partial charge >= 0.3 is 0 Å². The van der Waals surface area contributed by atoms with E-state index in [1.54, 1.807) is 0 Å². The summed E-state index contributed by atoms with van der Waals surface area (Å²) in [6.45, 7) is 14.4. The fraction of sp³-hybridized carbons (Fsp3) is 0.500. The van der Waals surface area contributed by atoms with Gasteiger partial charge < -0.3 is 14.5 Å². The number of hydrogen-bond acceptors (Lipinski definition) is 4. The van der Waals surface area contributed by atoms with Gasteiger partial charge in [-0.15, -0.1) is 0 Å². The van der Waals surface area contributed by atoms with Gasteiger partial charge in [-0.25, -0.2) is 9.98 Å². The van der Waals surface area contributed by atoms with Crippen LogP contribution in [0, 0.1) is 10.8 Å². The maximum Gasteiger partial charge on any atom is 0.211 e. The van der Waals surface area contributed by atoms with Gasteiger partial charge in [0.05, 0.1) is 22.8 Å². The summed E-state index contributed by atoms with van der Waals surface area (Å²) >= 11 is 0. The zero-order chi connectivity index (χ0) is 20.8. The highest BCUT2D eigenvalue weighted by Gasteiger charge is 2.30. The number of nitrogens with one attached hydrogen (secondary N) is 1. The first kappa shape index (κ1) is 19.7. The van der Waals surface area contributed by atoms with Crippen LogP contribution in [0.15, 0.2) is 34.3 Å². The van der Waals surface area contributed by atoms with Crippen molar-refractivity contribution in [2.75, 3.05) is 13.2 Å². The van der Waals surface area contributed by atoms with Crippen LogP contribution < -0.4 is 10.7 Å². The molecule has 0 spiro atoms. The van der Waals surface area contributed by atoms with Crippen LogP contribution in [0.5, 0.6) is 0 Å². The van der Waals surface area contributed by atoms with Crippen LogP contribution in [0.2, 0.25) is 0 Å². The summed E-state index contributed by atoms with van der Waals surface area (Å²) in [5.74, 6) is 1.37. The molecule has 29 heavy (non-hydrogen) atoms. The molecule has 5 nitrogen and oxygen atoms in total. The Morgan fingerprint density at radius 3 is 1.55 bits per heavy atom. The average Bonchev–Trinajstić information content (AvgIpc) is 3.35. The van der Waals surface area contributed by atoms with Crippen molar-refractivity contribution in [2.45, 2.75) is 53.6 Å². The Morgan fingerprint density at radius 2 is 1.21 bits per heavy atom. The maximum atomic E-state index is 5.85. The Labute approximate surface area is 172 Å². The maximum absolute atomic E-state index is 5.85. The number of fused-ring (bicyclic) bond motifs is 1. The van der Waals surface area contributed by atoms with E-state index in [0.29, 0.717) is 25.0 Å². The van der Waals surface area contributed by atoms with Crippen molar-refractivity contribution < 1.29 is 9.47 Å². The molecule has 3 heterocycles. The van der Waals surface area contributed by atoms with E-state index >= 15 is 0 Å². The highest BCUT2D eigenvalue weighted by atomic mass is 16.5.